The lowest BCUT2D eigenvalue weighted by molar-refractivity contribution is -0.117. The number of ether oxygens (including phenoxy) is 1. The lowest BCUT2D eigenvalue weighted by atomic mass is 9.88. The summed E-state index contributed by atoms with van der Waals surface area (Å²) in [4.78, 5) is 39.4. The second kappa shape index (κ2) is 10.1. The molecule has 1 fully saturated rings. The number of thiophene rings is 1. The van der Waals surface area contributed by atoms with Gasteiger partial charge in [-0.2, -0.15) is 0 Å². The summed E-state index contributed by atoms with van der Waals surface area (Å²) in [5.74, 6) is 0.461. The maximum atomic E-state index is 12.7. The molecule has 2 aliphatic carbocycles. The number of rotatable bonds is 8. The van der Waals surface area contributed by atoms with Crippen LogP contribution < -0.4 is 10.6 Å². The van der Waals surface area contributed by atoms with Crippen molar-refractivity contribution in [2.45, 2.75) is 50.8 Å². The van der Waals surface area contributed by atoms with Crippen LogP contribution >= 0.6 is 23.1 Å². The van der Waals surface area contributed by atoms with E-state index in [2.05, 4.69) is 17.6 Å². The number of amides is 2. The van der Waals surface area contributed by atoms with Gasteiger partial charge in [0.25, 0.3) is 0 Å². The maximum absolute atomic E-state index is 12.7. The molecule has 0 saturated heterocycles. The Balaban J connectivity index is 1.41. The molecule has 2 aromatic rings. The Morgan fingerprint density at radius 3 is 2.75 bits per heavy atom. The van der Waals surface area contributed by atoms with Crippen molar-refractivity contribution in [2.75, 3.05) is 23.0 Å². The van der Waals surface area contributed by atoms with E-state index in [0.717, 1.165) is 48.3 Å². The minimum absolute atomic E-state index is 0.0624. The van der Waals surface area contributed by atoms with Crippen LogP contribution in [0.25, 0.3) is 0 Å². The SMILES string of the molecule is CCOC(=O)c1c(NC(=O)CSc2cccc(NC(=O)C3CC3)c2)sc2c1CCC(C)C2. The van der Waals surface area contributed by atoms with Gasteiger partial charge in [0.05, 0.1) is 17.9 Å². The Bertz CT molecular complexity index is 1030. The Kier molecular flexibility index (Phi) is 7.20. The molecule has 2 amide bonds. The number of anilines is 2. The molecule has 1 heterocycles. The first-order chi connectivity index (χ1) is 15.4. The Morgan fingerprint density at radius 2 is 2.00 bits per heavy atom. The molecule has 0 aliphatic heterocycles. The van der Waals surface area contributed by atoms with Crippen molar-refractivity contribution in [3.63, 3.8) is 0 Å². The van der Waals surface area contributed by atoms with Gasteiger partial charge in [-0.25, -0.2) is 4.79 Å². The van der Waals surface area contributed by atoms with Gasteiger partial charge in [-0.3, -0.25) is 9.59 Å². The third-order valence-electron chi connectivity index (χ3n) is 5.66. The Hall–Kier alpha value is -2.32. The quantitative estimate of drug-likeness (QED) is 0.411. The molecule has 1 aromatic heterocycles. The van der Waals surface area contributed by atoms with Gasteiger partial charge >= 0.3 is 5.97 Å². The number of esters is 1. The van der Waals surface area contributed by atoms with Gasteiger partial charge in [0.2, 0.25) is 11.8 Å². The van der Waals surface area contributed by atoms with E-state index in [4.69, 9.17) is 4.74 Å². The molecular formula is C24H28N2O4S2. The van der Waals surface area contributed by atoms with Crippen molar-refractivity contribution in [3.8, 4) is 0 Å². The predicted octanol–water partition coefficient (Wildman–Crippen LogP) is 5.13. The number of hydrogen-bond donors (Lipinski definition) is 2. The van der Waals surface area contributed by atoms with E-state index in [1.807, 2.05) is 24.3 Å². The first-order valence-electron chi connectivity index (χ1n) is 11.1. The van der Waals surface area contributed by atoms with Gasteiger partial charge in [-0.15, -0.1) is 23.1 Å². The van der Waals surface area contributed by atoms with Crippen LogP contribution in [0.3, 0.4) is 0 Å². The fraction of sp³-hybridized carbons (Fsp3) is 0.458. The van der Waals surface area contributed by atoms with Gasteiger partial charge in [0.1, 0.15) is 5.00 Å². The summed E-state index contributed by atoms with van der Waals surface area (Å²) in [6.45, 7) is 4.30. The summed E-state index contributed by atoms with van der Waals surface area (Å²) >= 11 is 2.90. The van der Waals surface area contributed by atoms with Crippen LogP contribution in [0.2, 0.25) is 0 Å². The average molecular weight is 473 g/mol. The Morgan fingerprint density at radius 1 is 1.19 bits per heavy atom. The Labute approximate surface area is 196 Å². The highest BCUT2D eigenvalue weighted by molar-refractivity contribution is 8.00. The zero-order valence-electron chi connectivity index (χ0n) is 18.4. The fourth-order valence-corrected chi connectivity index (χ4v) is 5.99. The summed E-state index contributed by atoms with van der Waals surface area (Å²) in [5, 5.41) is 6.48. The van der Waals surface area contributed by atoms with Crippen LogP contribution in [0.1, 0.15) is 53.9 Å². The van der Waals surface area contributed by atoms with E-state index in [0.29, 0.717) is 23.1 Å². The average Bonchev–Trinajstić information content (AvgIpc) is 3.55. The van der Waals surface area contributed by atoms with Crippen LogP contribution in [0, 0.1) is 11.8 Å². The fourth-order valence-electron chi connectivity index (χ4n) is 3.82. The van der Waals surface area contributed by atoms with E-state index in [9.17, 15) is 14.4 Å². The lowest BCUT2D eigenvalue weighted by Gasteiger charge is -2.18. The molecule has 1 atom stereocenters. The van der Waals surface area contributed by atoms with E-state index in [-0.39, 0.29) is 29.5 Å². The predicted molar refractivity (Wildman–Crippen MR) is 129 cm³/mol. The van der Waals surface area contributed by atoms with Gasteiger partial charge in [0, 0.05) is 21.4 Å². The second-order valence-electron chi connectivity index (χ2n) is 8.40. The van der Waals surface area contributed by atoms with Crippen molar-refractivity contribution >= 4 is 51.6 Å². The van der Waals surface area contributed by atoms with Crippen molar-refractivity contribution in [2.24, 2.45) is 11.8 Å². The molecule has 4 rings (SSSR count). The first-order valence-corrected chi connectivity index (χ1v) is 12.9. The van der Waals surface area contributed by atoms with Crippen LogP contribution in [-0.4, -0.2) is 30.1 Å². The molecule has 6 nitrogen and oxygen atoms in total. The topological polar surface area (TPSA) is 84.5 Å². The monoisotopic (exact) mass is 472 g/mol. The third kappa shape index (κ3) is 5.53. The lowest BCUT2D eigenvalue weighted by Crippen LogP contribution is -2.17. The number of benzene rings is 1. The number of fused-ring (bicyclic) bond motifs is 1. The van der Waals surface area contributed by atoms with E-state index >= 15 is 0 Å². The molecule has 1 aromatic carbocycles. The van der Waals surface area contributed by atoms with Crippen LogP contribution in [0.5, 0.6) is 0 Å². The zero-order chi connectivity index (χ0) is 22.7. The van der Waals surface area contributed by atoms with Crippen LogP contribution in [-0.2, 0) is 27.2 Å². The second-order valence-corrected chi connectivity index (χ2v) is 10.6. The van der Waals surface area contributed by atoms with E-state index < -0.39 is 0 Å². The zero-order valence-corrected chi connectivity index (χ0v) is 20.0. The van der Waals surface area contributed by atoms with Gasteiger partial charge in [-0.05, 0) is 68.7 Å². The number of nitrogens with one attached hydrogen (secondary N) is 2. The summed E-state index contributed by atoms with van der Waals surface area (Å²) in [7, 11) is 0. The highest BCUT2D eigenvalue weighted by Gasteiger charge is 2.30. The van der Waals surface area contributed by atoms with Gasteiger partial charge in [-0.1, -0.05) is 13.0 Å². The summed E-state index contributed by atoms with van der Waals surface area (Å²) in [6.07, 6.45) is 4.72. The molecule has 2 aliphatic rings. The van der Waals surface area contributed by atoms with Crippen LogP contribution in [0.15, 0.2) is 29.2 Å². The van der Waals surface area contributed by atoms with E-state index in [1.165, 1.54) is 28.0 Å². The van der Waals surface area contributed by atoms with Gasteiger partial charge < -0.3 is 15.4 Å². The van der Waals surface area contributed by atoms with Crippen molar-refractivity contribution in [1.82, 2.24) is 0 Å². The molecule has 1 saturated carbocycles. The maximum Gasteiger partial charge on any atom is 0.341 e. The molecule has 0 bridgehead atoms. The molecule has 0 radical (unpaired) electrons. The molecule has 0 spiro atoms. The summed E-state index contributed by atoms with van der Waals surface area (Å²) in [5.41, 5.74) is 2.31. The van der Waals surface area contributed by atoms with E-state index in [1.54, 1.807) is 6.92 Å². The first kappa shape index (κ1) is 22.9. The number of thioether (sulfide) groups is 1. The normalized spacial score (nSPS) is 17.4. The smallest absolute Gasteiger partial charge is 0.341 e. The largest absolute Gasteiger partial charge is 0.462 e. The molecule has 8 heteroatoms. The molecule has 32 heavy (non-hydrogen) atoms. The summed E-state index contributed by atoms with van der Waals surface area (Å²) in [6, 6.07) is 7.52. The number of carbonyl (C=O) groups excluding carboxylic acids is 3. The van der Waals surface area contributed by atoms with Crippen LogP contribution in [0.4, 0.5) is 10.7 Å². The molecular weight excluding hydrogens is 444 g/mol. The minimum atomic E-state index is -0.360. The van der Waals surface area contributed by atoms with Crippen molar-refractivity contribution in [3.05, 3.63) is 40.3 Å². The highest BCUT2D eigenvalue weighted by Crippen LogP contribution is 2.40. The highest BCUT2D eigenvalue weighted by atomic mass is 32.2. The number of hydrogen-bond acceptors (Lipinski definition) is 6. The molecule has 1 unspecified atom stereocenters. The standard InChI is InChI=1S/C24H28N2O4S2/c1-3-30-24(29)21-18-10-7-14(2)11-19(18)32-23(21)26-20(27)13-31-17-6-4-5-16(12-17)25-22(28)15-8-9-15/h4-6,12,14-15H,3,7-11,13H2,1-2H3,(H,25,28)(H,26,27). The molecule has 170 valence electrons. The molecule has 2 N–H and O–H groups in total. The van der Waals surface area contributed by atoms with Crippen molar-refractivity contribution in [1.29, 1.82) is 0 Å². The number of carbonyl (C=O) groups is 3. The van der Waals surface area contributed by atoms with Crippen molar-refractivity contribution < 1.29 is 19.1 Å². The summed E-state index contributed by atoms with van der Waals surface area (Å²) < 4.78 is 5.27. The third-order valence-corrected chi connectivity index (χ3v) is 7.83. The van der Waals surface area contributed by atoms with Gasteiger partial charge in [0.15, 0.2) is 0 Å². The minimum Gasteiger partial charge on any atom is -0.462 e.